The first kappa shape index (κ1) is 12.7. The van der Waals surface area contributed by atoms with Crippen LogP contribution >= 0.6 is 0 Å². The van der Waals surface area contributed by atoms with E-state index in [0.29, 0.717) is 35.9 Å². The number of carbonyl (C=O) groups is 1. The van der Waals surface area contributed by atoms with Crippen LogP contribution in [0.3, 0.4) is 0 Å². The van der Waals surface area contributed by atoms with Crippen LogP contribution in [0.1, 0.15) is 25.7 Å². The Kier molecular flexibility index (Phi) is 1.64. The van der Waals surface area contributed by atoms with Crippen LogP contribution in [0.2, 0.25) is 0 Å². The lowest BCUT2D eigenvalue weighted by atomic mass is 9.43. The van der Waals surface area contributed by atoms with Gasteiger partial charge in [0.05, 0.1) is 23.0 Å². The molecule has 0 unspecified atom stereocenters. The summed E-state index contributed by atoms with van der Waals surface area (Å²) in [4.78, 5) is 13.6. The minimum absolute atomic E-state index is 0.0839. The fraction of sp³-hybridized carbons (Fsp3) is 0.952. The number of hydrogen-bond acceptors (Lipinski definition) is 4. The molecule has 25 heavy (non-hydrogen) atoms. The van der Waals surface area contributed by atoms with Crippen molar-refractivity contribution in [3.05, 3.63) is 0 Å². The number of esters is 1. The van der Waals surface area contributed by atoms with Crippen molar-refractivity contribution in [2.24, 2.45) is 70.0 Å². The van der Waals surface area contributed by atoms with Crippen LogP contribution in [0, 0.1) is 70.0 Å². The Morgan fingerprint density at radius 3 is 2.60 bits per heavy atom. The monoisotopic (exact) mass is 340 g/mol. The highest BCUT2D eigenvalue weighted by Gasteiger charge is 3.04. The van der Waals surface area contributed by atoms with Gasteiger partial charge in [-0.15, -0.1) is 0 Å². The van der Waals surface area contributed by atoms with Crippen molar-refractivity contribution < 1.29 is 19.0 Å². The summed E-state index contributed by atoms with van der Waals surface area (Å²) in [6.45, 7) is 0. The molecule has 10 fully saturated rings. The summed E-state index contributed by atoms with van der Waals surface area (Å²) in [5, 5.41) is 0. The lowest BCUT2D eigenvalue weighted by molar-refractivity contribution is -0.280. The van der Waals surface area contributed by atoms with Crippen LogP contribution < -0.4 is 0 Å². The van der Waals surface area contributed by atoms with Gasteiger partial charge in [0.1, 0.15) is 0 Å². The molecule has 15 atom stereocenters. The number of carbonyl (C=O) groups excluding carboxylic acids is 1. The van der Waals surface area contributed by atoms with Crippen LogP contribution in [-0.4, -0.2) is 31.6 Å². The van der Waals surface area contributed by atoms with Gasteiger partial charge >= 0.3 is 5.97 Å². The Bertz CT molecular complexity index is 780. The fourth-order valence-corrected chi connectivity index (χ4v) is 12.5. The van der Waals surface area contributed by atoms with Gasteiger partial charge in [0.25, 0.3) is 0 Å². The average Bonchev–Trinajstić information content (AvgIpc) is 3.37. The predicted molar refractivity (Wildman–Crippen MR) is 83.8 cm³/mol. The summed E-state index contributed by atoms with van der Waals surface area (Å²) < 4.78 is 18.7. The summed E-state index contributed by atoms with van der Waals surface area (Å²) in [5.41, 5.74) is -0.0817. The second-order valence-corrected chi connectivity index (χ2v) is 10.9. The van der Waals surface area contributed by atoms with E-state index in [1.807, 2.05) is 7.11 Å². The van der Waals surface area contributed by atoms with E-state index in [4.69, 9.17) is 14.2 Å². The fourth-order valence-electron chi connectivity index (χ4n) is 12.5. The van der Waals surface area contributed by atoms with Gasteiger partial charge in [-0.25, -0.2) is 0 Å². The molecule has 2 saturated heterocycles. The quantitative estimate of drug-likeness (QED) is 0.686. The van der Waals surface area contributed by atoms with Crippen molar-refractivity contribution in [2.45, 2.75) is 44.2 Å². The molecule has 0 radical (unpaired) electrons. The van der Waals surface area contributed by atoms with Crippen molar-refractivity contribution >= 4 is 5.97 Å². The van der Waals surface area contributed by atoms with Crippen molar-refractivity contribution in [3.8, 4) is 0 Å². The van der Waals surface area contributed by atoms with Gasteiger partial charge in [-0.3, -0.25) is 4.79 Å². The minimum Gasteiger partial charge on any atom is -0.435 e. The summed E-state index contributed by atoms with van der Waals surface area (Å²) in [6.07, 6.45) is 5.61. The SMILES string of the molecule is CO[C@@H]1CC[C@@H]2[C@@H]1[C@@H]1[C@H]3[C@@H]4[C@@H]5[C@H]6CC[C@@H]7O[C@@H]8OC(=O)[C@@]15[C@@]8([C@H]4[C@H]67)[C@H]23. The van der Waals surface area contributed by atoms with Crippen LogP contribution in [0.15, 0.2) is 0 Å². The third-order valence-electron chi connectivity index (χ3n) is 11.7. The second-order valence-electron chi connectivity index (χ2n) is 10.9. The largest absolute Gasteiger partial charge is 0.435 e. The van der Waals surface area contributed by atoms with Crippen LogP contribution in [0.25, 0.3) is 0 Å². The Morgan fingerprint density at radius 2 is 1.72 bits per heavy atom. The maximum absolute atomic E-state index is 13.6. The highest BCUT2D eigenvalue weighted by atomic mass is 16.7. The zero-order valence-electron chi connectivity index (χ0n) is 14.5. The van der Waals surface area contributed by atoms with E-state index in [2.05, 4.69) is 0 Å². The van der Waals surface area contributed by atoms with E-state index in [-0.39, 0.29) is 23.1 Å². The first-order valence-electron chi connectivity index (χ1n) is 10.7. The smallest absolute Gasteiger partial charge is 0.315 e. The van der Waals surface area contributed by atoms with Gasteiger partial charge in [0, 0.05) is 7.11 Å². The standard InChI is InChI=1S/C21H24O4/c1-23-8-4-2-6-10(8)16-13-12-14-7-3-5-9-11(7)17(12)21(15(6)13)19(24-9)25-18(22)20(14,16)21/h6-17,19H,2-5H2,1H3/t6-,7+,8-,9+,10+,11-,12-,13+,14+,15-,16-,17+,19-,20+,21-/m1/s1. The topological polar surface area (TPSA) is 44.8 Å². The molecule has 2 spiro atoms. The zero-order chi connectivity index (χ0) is 16.0. The molecular formula is C21H24O4. The first-order valence-corrected chi connectivity index (χ1v) is 10.7. The molecule has 0 aromatic rings. The van der Waals surface area contributed by atoms with E-state index in [1.54, 1.807) is 0 Å². The predicted octanol–water partition coefficient (Wildman–Crippen LogP) is 2.07. The molecule has 2 aliphatic heterocycles. The normalized spacial score (nSPS) is 79.1. The van der Waals surface area contributed by atoms with Gasteiger partial charge < -0.3 is 14.2 Å². The van der Waals surface area contributed by atoms with Crippen molar-refractivity contribution in [2.75, 3.05) is 7.11 Å². The molecule has 8 saturated carbocycles. The third kappa shape index (κ3) is 0.790. The molecule has 0 amide bonds. The maximum Gasteiger partial charge on any atom is 0.315 e. The summed E-state index contributed by atoms with van der Waals surface area (Å²) in [6, 6.07) is 0. The molecule has 0 aromatic heterocycles. The zero-order valence-corrected chi connectivity index (χ0v) is 14.5. The molecule has 0 aromatic carbocycles. The molecule has 2 heterocycles. The van der Waals surface area contributed by atoms with E-state index in [0.717, 1.165) is 35.5 Å². The minimum atomic E-state index is -0.194. The van der Waals surface area contributed by atoms with Crippen LogP contribution in [-0.2, 0) is 19.0 Å². The molecule has 4 heteroatoms. The van der Waals surface area contributed by atoms with Crippen molar-refractivity contribution in [1.82, 2.24) is 0 Å². The first-order chi connectivity index (χ1) is 12.3. The van der Waals surface area contributed by atoms with Crippen LogP contribution in [0.4, 0.5) is 0 Å². The summed E-state index contributed by atoms with van der Waals surface area (Å²) >= 11 is 0. The number of ether oxygens (including phenoxy) is 3. The Morgan fingerprint density at radius 1 is 0.920 bits per heavy atom. The second kappa shape index (κ2) is 3.22. The van der Waals surface area contributed by atoms with Gasteiger partial charge in [0.2, 0.25) is 6.29 Å². The molecule has 10 aliphatic rings. The lowest BCUT2D eigenvalue weighted by Gasteiger charge is -2.59. The molecule has 4 nitrogen and oxygen atoms in total. The lowest BCUT2D eigenvalue weighted by Crippen LogP contribution is -2.65. The molecular weight excluding hydrogens is 316 g/mol. The molecule has 0 N–H and O–H groups in total. The molecule has 8 aliphatic carbocycles. The van der Waals surface area contributed by atoms with Crippen LogP contribution in [0.5, 0.6) is 0 Å². The highest BCUT2D eigenvalue weighted by Crippen LogP contribution is 3.00. The van der Waals surface area contributed by atoms with Crippen molar-refractivity contribution in [3.63, 3.8) is 0 Å². The molecule has 8 bridgehead atoms. The maximum atomic E-state index is 13.6. The van der Waals surface area contributed by atoms with E-state index < -0.39 is 0 Å². The van der Waals surface area contributed by atoms with E-state index >= 15 is 0 Å². The number of fused-ring (bicyclic) bond motifs is 1. The number of methoxy groups -OCH3 is 1. The molecule has 132 valence electrons. The number of hydrogen-bond donors (Lipinski definition) is 0. The summed E-state index contributed by atoms with van der Waals surface area (Å²) in [7, 11) is 1.89. The summed E-state index contributed by atoms with van der Waals surface area (Å²) in [5.74, 6) is 7.36. The molecule has 10 rings (SSSR count). The Balaban J connectivity index is 1.38. The van der Waals surface area contributed by atoms with E-state index in [9.17, 15) is 4.79 Å². The van der Waals surface area contributed by atoms with Crippen molar-refractivity contribution in [1.29, 1.82) is 0 Å². The third-order valence-corrected chi connectivity index (χ3v) is 11.7. The average molecular weight is 340 g/mol. The van der Waals surface area contributed by atoms with Gasteiger partial charge in [0.15, 0.2) is 0 Å². The highest BCUT2D eigenvalue weighted by molar-refractivity contribution is 5.86. The number of rotatable bonds is 1. The van der Waals surface area contributed by atoms with Gasteiger partial charge in [-0.1, -0.05) is 0 Å². The Hall–Kier alpha value is -0.610. The van der Waals surface area contributed by atoms with Gasteiger partial charge in [-0.05, 0) is 84.9 Å². The van der Waals surface area contributed by atoms with Gasteiger partial charge in [-0.2, -0.15) is 0 Å². The van der Waals surface area contributed by atoms with E-state index in [1.165, 1.54) is 25.7 Å². The Labute approximate surface area is 146 Å².